The van der Waals surface area contributed by atoms with Crippen LogP contribution in [0.3, 0.4) is 0 Å². The predicted octanol–water partition coefficient (Wildman–Crippen LogP) is 3.88. The second-order valence-electron chi connectivity index (χ2n) is 6.43. The minimum absolute atomic E-state index is 0.0994. The first-order chi connectivity index (χ1) is 12.9. The molecule has 0 aliphatic rings. The molecule has 2 atom stereocenters. The number of aryl methyl sites for hydroxylation is 1. The van der Waals surface area contributed by atoms with Crippen molar-refractivity contribution < 1.29 is 9.53 Å². The molecule has 1 aromatic carbocycles. The molecule has 0 radical (unpaired) electrons. The largest absolute Gasteiger partial charge is 0.462 e. The van der Waals surface area contributed by atoms with Crippen LogP contribution in [-0.4, -0.2) is 22.5 Å². The number of hydrogen-bond acceptors (Lipinski definition) is 6. The average Bonchev–Trinajstić information content (AvgIpc) is 2.99. The molecule has 0 saturated carbocycles. The topological polar surface area (TPSA) is 84.1 Å². The number of aromatic nitrogens is 2. The molecule has 0 unspecified atom stereocenters. The van der Waals surface area contributed by atoms with E-state index in [-0.39, 0.29) is 17.6 Å². The number of H-pyrrole nitrogens is 1. The van der Waals surface area contributed by atoms with Crippen LogP contribution in [-0.2, 0) is 4.74 Å². The molecule has 0 aliphatic carbocycles. The first-order valence-corrected chi connectivity index (χ1v) is 9.75. The van der Waals surface area contributed by atoms with E-state index in [2.05, 4.69) is 34.3 Å². The van der Waals surface area contributed by atoms with E-state index in [1.54, 1.807) is 13.8 Å². The maximum Gasteiger partial charge on any atom is 0.348 e. The number of carbonyl (C=O) groups excluding carboxylic acids is 1. The number of thiophene rings is 1. The van der Waals surface area contributed by atoms with Crippen LogP contribution in [0.5, 0.6) is 0 Å². The van der Waals surface area contributed by atoms with Crippen LogP contribution in [0.2, 0.25) is 0 Å². The van der Waals surface area contributed by atoms with Gasteiger partial charge in [0.1, 0.15) is 15.5 Å². The molecule has 6 nitrogen and oxygen atoms in total. The molecule has 2 aromatic heterocycles. The van der Waals surface area contributed by atoms with E-state index in [4.69, 9.17) is 4.74 Å². The molecule has 0 aliphatic heterocycles. The molecule has 0 amide bonds. The molecule has 0 spiro atoms. The Morgan fingerprint density at radius 3 is 2.63 bits per heavy atom. The summed E-state index contributed by atoms with van der Waals surface area (Å²) in [6.07, 6.45) is 0. The Labute approximate surface area is 161 Å². The monoisotopic (exact) mass is 385 g/mol. The van der Waals surface area contributed by atoms with Crippen LogP contribution < -0.4 is 10.9 Å². The summed E-state index contributed by atoms with van der Waals surface area (Å²) in [5.74, 6) is 0.134. The van der Waals surface area contributed by atoms with Gasteiger partial charge in [-0.1, -0.05) is 30.3 Å². The number of fused-ring (bicyclic) bond motifs is 1. The zero-order chi connectivity index (χ0) is 19.6. The molecule has 3 rings (SSSR count). The molecular formula is C20H23N3O3S. The maximum atomic E-state index is 12.6. The highest BCUT2D eigenvalue weighted by Gasteiger charge is 2.21. The average molecular weight is 385 g/mol. The predicted molar refractivity (Wildman–Crippen MR) is 107 cm³/mol. The van der Waals surface area contributed by atoms with Crippen LogP contribution in [0, 0.1) is 6.92 Å². The molecule has 27 heavy (non-hydrogen) atoms. The van der Waals surface area contributed by atoms with Crippen molar-refractivity contribution in [2.45, 2.75) is 39.8 Å². The number of benzene rings is 1. The molecule has 2 N–H and O–H groups in total. The lowest BCUT2D eigenvalue weighted by Crippen LogP contribution is -2.26. The van der Waals surface area contributed by atoms with Crippen LogP contribution in [0.1, 0.15) is 59.5 Å². The third kappa shape index (κ3) is 3.94. The summed E-state index contributed by atoms with van der Waals surface area (Å²) in [5.41, 5.74) is 1.54. The molecule has 0 saturated heterocycles. The highest BCUT2D eigenvalue weighted by molar-refractivity contribution is 7.20. The second kappa shape index (κ2) is 8.02. The van der Waals surface area contributed by atoms with Gasteiger partial charge in [0.25, 0.3) is 5.56 Å². The zero-order valence-corrected chi connectivity index (χ0v) is 16.6. The van der Waals surface area contributed by atoms with Gasteiger partial charge in [0, 0.05) is 6.04 Å². The summed E-state index contributed by atoms with van der Waals surface area (Å²) in [7, 11) is 0. The Kier molecular flexibility index (Phi) is 5.72. The van der Waals surface area contributed by atoms with E-state index in [0.29, 0.717) is 33.1 Å². The van der Waals surface area contributed by atoms with Crippen molar-refractivity contribution in [3.63, 3.8) is 0 Å². The van der Waals surface area contributed by atoms with Gasteiger partial charge in [-0.05, 0) is 38.8 Å². The standard InChI is InChI=1S/C20H23N3O3S/c1-5-26-20(25)16-11(2)15-18(24)22-17(23-19(15)27-16)13(4)21-12(3)14-9-7-6-8-10-14/h6-10,12-13,21H,5H2,1-4H3,(H,22,23,24)/t12-,13+/m1/s1. The number of esters is 1. The first kappa shape index (κ1) is 19.3. The Morgan fingerprint density at radius 2 is 1.96 bits per heavy atom. The van der Waals surface area contributed by atoms with Crippen LogP contribution >= 0.6 is 11.3 Å². The highest BCUT2D eigenvalue weighted by atomic mass is 32.1. The second-order valence-corrected chi connectivity index (χ2v) is 7.43. The number of ether oxygens (including phenoxy) is 1. The van der Waals surface area contributed by atoms with Gasteiger partial charge in [0.2, 0.25) is 0 Å². The Balaban J connectivity index is 1.91. The lowest BCUT2D eigenvalue weighted by atomic mass is 10.1. The fourth-order valence-electron chi connectivity index (χ4n) is 3.05. The SMILES string of the molecule is CCOC(=O)c1sc2nc([C@H](C)N[C@H](C)c3ccccc3)[nH]c(=O)c2c1C. The summed E-state index contributed by atoms with van der Waals surface area (Å²) >= 11 is 1.20. The molecule has 0 fully saturated rings. The van der Waals surface area contributed by atoms with E-state index in [1.165, 1.54) is 11.3 Å². The Morgan fingerprint density at radius 1 is 1.26 bits per heavy atom. The van der Waals surface area contributed by atoms with Gasteiger partial charge in [0.15, 0.2) is 0 Å². The zero-order valence-electron chi connectivity index (χ0n) is 15.8. The number of rotatable bonds is 6. The highest BCUT2D eigenvalue weighted by Crippen LogP contribution is 2.28. The normalized spacial score (nSPS) is 13.5. The molecule has 2 heterocycles. The van der Waals surface area contributed by atoms with Crippen molar-refractivity contribution in [3.05, 3.63) is 62.5 Å². The summed E-state index contributed by atoms with van der Waals surface area (Å²) in [4.78, 5) is 33.1. The molecule has 7 heteroatoms. The van der Waals surface area contributed by atoms with Crippen molar-refractivity contribution in [3.8, 4) is 0 Å². The lowest BCUT2D eigenvalue weighted by Gasteiger charge is -2.19. The van der Waals surface area contributed by atoms with Crippen molar-refractivity contribution in [2.75, 3.05) is 6.61 Å². The van der Waals surface area contributed by atoms with E-state index in [1.807, 2.05) is 25.1 Å². The Bertz CT molecular complexity index is 1010. The van der Waals surface area contributed by atoms with Crippen molar-refractivity contribution in [1.29, 1.82) is 0 Å². The van der Waals surface area contributed by atoms with E-state index in [0.717, 1.165) is 5.56 Å². The van der Waals surface area contributed by atoms with Gasteiger partial charge < -0.3 is 15.0 Å². The van der Waals surface area contributed by atoms with Crippen LogP contribution in [0.4, 0.5) is 0 Å². The fraction of sp³-hybridized carbons (Fsp3) is 0.350. The summed E-state index contributed by atoms with van der Waals surface area (Å²) in [6, 6.07) is 10.0. The smallest absolute Gasteiger partial charge is 0.348 e. The fourth-order valence-corrected chi connectivity index (χ4v) is 4.13. The molecule has 0 bridgehead atoms. The van der Waals surface area contributed by atoms with Crippen molar-refractivity contribution in [2.24, 2.45) is 0 Å². The van der Waals surface area contributed by atoms with E-state index < -0.39 is 5.97 Å². The van der Waals surface area contributed by atoms with Gasteiger partial charge in [-0.25, -0.2) is 9.78 Å². The molecular weight excluding hydrogens is 362 g/mol. The first-order valence-electron chi connectivity index (χ1n) is 8.93. The number of nitrogens with zero attached hydrogens (tertiary/aromatic N) is 1. The minimum atomic E-state index is -0.414. The summed E-state index contributed by atoms with van der Waals surface area (Å²) in [5, 5.41) is 3.90. The number of aromatic amines is 1. The van der Waals surface area contributed by atoms with E-state index in [9.17, 15) is 9.59 Å². The number of nitrogens with one attached hydrogen (secondary N) is 2. The quantitative estimate of drug-likeness (QED) is 0.629. The molecule has 142 valence electrons. The minimum Gasteiger partial charge on any atom is -0.462 e. The van der Waals surface area contributed by atoms with Crippen LogP contribution in [0.25, 0.3) is 10.2 Å². The van der Waals surface area contributed by atoms with Gasteiger partial charge >= 0.3 is 5.97 Å². The summed E-state index contributed by atoms with van der Waals surface area (Å²) in [6.45, 7) is 7.82. The molecule has 3 aromatic rings. The van der Waals surface area contributed by atoms with Gasteiger partial charge in [0.05, 0.1) is 18.0 Å². The van der Waals surface area contributed by atoms with Gasteiger partial charge in [-0.15, -0.1) is 11.3 Å². The van der Waals surface area contributed by atoms with Crippen molar-refractivity contribution >= 4 is 27.5 Å². The third-order valence-corrected chi connectivity index (χ3v) is 5.66. The van der Waals surface area contributed by atoms with Crippen molar-refractivity contribution in [1.82, 2.24) is 15.3 Å². The van der Waals surface area contributed by atoms with Gasteiger partial charge in [-0.3, -0.25) is 4.79 Å². The Hall–Kier alpha value is -2.51. The van der Waals surface area contributed by atoms with E-state index >= 15 is 0 Å². The lowest BCUT2D eigenvalue weighted by molar-refractivity contribution is 0.0531. The third-order valence-electron chi connectivity index (χ3n) is 4.49. The summed E-state index contributed by atoms with van der Waals surface area (Å²) < 4.78 is 5.08. The number of hydrogen-bond donors (Lipinski definition) is 2. The number of carbonyl (C=O) groups is 1. The maximum absolute atomic E-state index is 12.6. The van der Waals surface area contributed by atoms with Crippen LogP contribution in [0.15, 0.2) is 35.1 Å². The van der Waals surface area contributed by atoms with Gasteiger partial charge in [-0.2, -0.15) is 0 Å².